The van der Waals surface area contributed by atoms with Crippen LogP contribution in [0.2, 0.25) is 0 Å². The second-order valence-electron chi connectivity index (χ2n) is 4.71. The molecule has 1 unspecified atom stereocenters. The van der Waals surface area contributed by atoms with Crippen LogP contribution in [0, 0.1) is 0 Å². The van der Waals surface area contributed by atoms with E-state index in [-0.39, 0.29) is 25.7 Å². The van der Waals surface area contributed by atoms with Crippen molar-refractivity contribution in [3.05, 3.63) is 23.8 Å². The van der Waals surface area contributed by atoms with Gasteiger partial charge in [-0.25, -0.2) is 4.79 Å². The van der Waals surface area contributed by atoms with E-state index in [1.165, 1.54) is 0 Å². The van der Waals surface area contributed by atoms with Gasteiger partial charge in [0.1, 0.15) is 6.10 Å². The maximum atomic E-state index is 12.0. The molecular formula is C15H19NO6. The maximum Gasteiger partial charge on any atom is 0.331 e. The average molecular weight is 309 g/mol. The first kappa shape index (κ1) is 16.1. The predicted octanol–water partition coefficient (Wildman–Crippen LogP) is 0.907. The fourth-order valence-electron chi connectivity index (χ4n) is 2.06. The Hall–Kier alpha value is -2.28. The first-order valence-corrected chi connectivity index (χ1v) is 7.10. The highest BCUT2D eigenvalue weighted by Gasteiger charge is 2.31. The minimum absolute atomic E-state index is 0.114. The molecular weight excluding hydrogens is 290 g/mol. The Morgan fingerprint density at radius 1 is 1.32 bits per heavy atom. The molecule has 0 radical (unpaired) electrons. The summed E-state index contributed by atoms with van der Waals surface area (Å²) in [6, 6.07) is 3.66. The molecule has 2 atom stereocenters. The molecule has 0 spiro atoms. The van der Waals surface area contributed by atoms with Gasteiger partial charge in [-0.05, 0) is 24.6 Å². The zero-order chi connectivity index (χ0) is 16.1. The van der Waals surface area contributed by atoms with Gasteiger partial charge in [-0.15, -0.1) is 0 Å². The standard InChI is InChI=1S/C15H19NO6/c1-3-12(17)16-13(15(19)20-4-2)14(18)9-5-6-10-11(7-9)22-8-21-10/h5-7,13-14,18H,3-4,8H2,1-2H3,(H,16,17)/t13-,14?/m0/s1. The van der Waals surface area contributed by atoms with Crippen molar-refractivity contribution in [2.75, 3.05) is 13.4 Å². The molecule has 0 saturated carbocycles. The van der Waals surface area contributed by atoms with E-state index in [1.54, 1.807) is 32.0 Å². The maximum absolute atomic E-state index is 12.0. The van der Waals surface area contributed by atoms with Crippen LogP contribution in [0.3, 0.4) is 0 Å². The predicted molar refractivity (Wildman–Crippen MR) is 76.4 cm³/mol. The van der Waals surface area contributed by atoms with Gasteiger partial charge < -0.3 is 24.6 Å². The van der Waals surface area contributed by atoms with Crippen LogP contribution in [0.15, 0.2) is 18.2 Å². The fourth-order valence-corrected chi connectivity index (χ4v) is 2.06. The number of nitrogens with one attached hydrogen (secondary N) is 1. The summed E-state index contributed by atoms with van der Waals surface area (Å²) >= 11 is 0. The smallest absolute Gasteiger partial charge is 0.331 e. The molecule has 0 aromatic heterocycles. The van der Waals surface area contributed by atoms with Gasteiger partial charge in [-0.2, -0.15) is 0 Å². The largest absolute Gasteiger partial charge is 0.464 e. The monoisotopic (exact) mass is 309 g/mol. The highest BCUT2D eigenvalue weighted by atomic mass is 16.7. The third-order valence-corrected chi connectivity index (χ3v) is 3.23. The molecule has 1 heterocycles. The van der Waals surface area contributed by atoms with Gasteiger partial charge in [0.15, 0.2) is 17.5 Å². The van der Waals surface area contributed by atoms with Crippen molar-refractivity contribution in [3.8, 4) is 11.5 Å². The van der Waals surface area contributed by atoms with Crippen molar-refractivity contribution in [3.63, 3.8) is 0 Å². The summed E-state index contributed by atoms with van der Waals surface area (Å²) in [5.41, 5.74) is 0.429. The number of hydrogen-bond donors (Lipinski definition) is 2. The van der Waals surface area contributed by atoms with Crippen LogP contribution in [-0.2, 0) is 14.3 Å². The lowest BCUT2D eigenvalue weighted by atomic mass is 10.0. The van der Waals surface area contributed by atoms with E-state index < -0.39 is 18.1 Å². The van der Waals surface area contributed by atoms with Gasteiger partial charge in [0.25, 0.3) is 0 Å². The molecule has 2 rings (SSSR count). The van der Waals surface area contributed by atoms with Crippen LogP contribution < -0.4 is 14.8 Å². The zero-order valence-electron chi connectivity index (χ0n) is 12.5. The van der Waals surface area contributed by atoms with Gasteiger partial charge in [0.2, 0.25) is 12.7 Å². The van der Waals surface area contributed by atoms with Crippen molar-refractivity contribution in [2.24, 2.45) is 0 Å². The Morgan fingerprint density at radius 2 is 2.05 bits per heavy atom. The minimum Gasteiger partial charge on any atom is -0.464 e. The molecule has 0 aliphatic carbocycles. The van der Waals surface area contributed by atoms with Gasteiger partial charge in [0.05, 0.1) is 6.61 Å². The second kappa shape index (κ2) is 7.13. The number of carbonyl (C=O) groups is 2. The van der Waals surface area contributed by atoms with E-state index in [2.05, 4.69) is 5.32 Å². The number of aliphatic hydroxyl groups is 1. The molecule has 0 saturated heterocycles. The number of fused-ring (bicyclic) bond motifs is 1. The molecule has 1 amide bonds. The minimum atomic E-state index is -1.25. The lowest BCUT2D eigenvalue weighted by Crippen LogP contribution is -2.45. The number of rotatable bonds is 6. The molecule has 1 aliphatic rings. The van der Waals surface area contributed by atoms with Crippen LogP contribution in [-0.4, -0.2) is 36.4 Å². The summed E-state index contributed by atoms with van der Waals surface area (Å²) in [6.07, 6.45) is -1.05. The number of hydrogen-bond acceptors (Lipinski definition) is 6. The second-order valence-corrected chi connectivity index (χ2v) is 4.71. The quantitative estimate of drug-likeness (QED) is 0.759. The lowest BCUT2D eigenvalue weighted by molar-refractivity contribution is -0.151. The first-order valence-electron chi connectivity index (χ1n) is 7.10. The van der Waals surface area contributed by atoms with E-state index >= 15 is 0 Å². The van der Waals surface area contributed by atoms with Gasteiger partial charge >= 0.3 is 5.97 Å². The van der Waals surface area contributed by atoms with E-state index in [0.29, 0.717) is 17.1 Å². The number of aliphatic hydroxyl groups excluding tert-OH is 1. The molecule has 0 bridgehead atoms. The summed E-state index contributed by atoms with van der Waals surface area (Å²) < 4.78 is 15.4. The van der Waals surface area contributed by atoms with Crippen molar-refractivity contribution in [1.82, 2.24) is 5.32 Å². The average Bonchev–Trinajstić information content (AvgIpc) is 2.99. The normalized spacial score (nSPS) is 15.0. The van der Waals surface area contributed by atoms with Crippen LogP contribution in [0.5, 0.6) is 11.5 Å². The molecule has 1 aliphatic heterocycles. The van der Waals surface area contributed by atoms with E-state index in [1.807, 2.05) is 0 Å². The Morgan fingerprint density at radius 3 is 2.73 bits per heavy atom. The van der Waals surface area contributed by atoms with Crippen LogP contribution in [0.25, 0.3) is 0 Å². The summed E-state index contributed by atoms with van der Waals surface area (Å²) in [4.78, 5) is 23.6. The Bertz CT molecular complexity index is 559. The SMILES string of the molecule is CCOC(=O)[C@@H](NC(=O)CC)C(O)c1ccc2c(c1)OCO2. The van der Waals surface area contributed by atoms with Crippen molar-refractivity contribution < 1.29 is 28.9 Å². The number of benzene rings is 1. The molecule has 1 aromatic carbocycles. The van der Waals surface area contributed by atoms with Gasteiger partial charge in [-0.1, -0.05) is 13.0 Å². The number of amides is 1. The van der Waals surface area contributed by atoms with Crippen molar-refractivity contribution >= 4 is 11.9 Å². The topological polar surface area (TPSA) is 94.1 Å². The number of esters is 1. The van der Waals surface area contributed by atoms with E-state index in [0.717, 1.165) is 0 Å². The van der Waals surface area contributed by atoms with E-state index in [9.17, 15) is 14.7 Å². The molecule has 2 N–H and O–H groups in total. The van der Waals surface area contributed by atoms with Crippen LogP contribution >= 0.6 is 0 Å². The Balaban J connectivity index is 2.21. The highest BCUT2D eigenvalue weighted by molar-refractivity contribution is 5.85. The fraction of sp³-hybridized carbons (Fsp3) is 0.467. The first-order chi connectivity index (χ1) is 10.6. The molecule has 120 valence electrons. The number of ether oxygens (including phenoxy) is 3. The summed E-state index contributed by atoms with van der Waals surface area (Å²) in [6.45, 7) is 3.59. The summed E-state index contributed by atoms with van der Waals surface area (Å²) in [5, 5.41) is 12.9. The molecule has 1 aromatic rings. The third-order valence-electron chi connectivity index (χ3n) is 3.23. The van der Waals surface area contributed by atoms with Crippen molar-refractivity contribution in [2.45, 2.75) is 32.4 Å². The van der Waals surface area contributed by atoms with E-state index in [4.69, 9.17) is 14.2 Å². The van der Waals surface area contributed by atoms with Gasteiger partial charge in [-0.3, -0.25) is 4.79 Å². The Kier molecular flexibility index (Phi) is 5.21. The lowest BCUT2D eigenvalue weighted by Gasteiger charge is -2.22. The van der Waals surface area contributed by atoms with Crippen LogP contribution in [0.1, 0.15) is 31.9 Å². The highest BCUT2D eigenvalue weighted by Crippen LogP contribution is 2.34. The van der Waals surface area contributed by atoms with Crippen molar-refractivity contribution in [1.29, 1.82) is 0 Å². The molecule has 22 heavy (non-hydrogen) atoms. The molecule has 7 heteroatoms. The summed E-state index contributed by atoms with van der Waals surface area (Å²) in [7, 11) is 0. The molecule has 0 fully saturated rings. The number of carbonyl (C=O) groups excluding carboxylic acids is 2. The van der Waals surface area contributed by atoms with Crippen LogP contribution in [0.4, 0.5) is 0 Å². The zero-order valence-corrected chi connectivity index (χ0v) is 12.5. The summed E-state index contributed by atoms with van der Waals surface area (Å²) in [5.74, 6) is 0.0227. The van der Waals surface area contributed by atoms with Gasteiger partial charge in [0, 0.05) is 6.42 Å². The Labute approximate surface area is 128 Å². The third kappa shape index (κ3) is 3.48. The molecule has 7 nitrogen and oxygen atoms in total.